The molecule has 1 N–H and O–H groups in total. The lowest BCUT2D eigenvalue weighted by Crippen LogP contribution is -2.32. The van der Waals surface area contributed by atoms with Crippen molar-refractivity contribution in [3.05, 3.63) is 29.3 Å². The van der Waals surface area contributed by atoms with Crippen LogP contribution < -0.4 is 5.32 Å². The molecule has 0 aromatic heterocycles. The molecule has 124 valence electrons. The van der Waals surface area contributed by atoms with Crippen LogP contribution in [0.1, 0.15) is 43.7 Å². The summed E-state index contributed by atoms with van der Waals surface area (Å²) in [5, 5.41) is 11.9. The standard InChI is InChI=1S/C18H25N3O2/c1-3-15-12-14(13-19)8-9-17(15)20-18(22)21(2)10-4-6-16-7-5-11-23-16/h8-9,12,16H,3-7,10-11H2,1-2H3,(H,20,22)/t16-/m0/s1. The monoisotopic (exact) mass is 315 g/mol. The summed E-state index contributed by atoms with van der Waals surface area (Å²) in [6.07, 6.45) is 5.39. The van der Waals surface area contributed by atoms with Crippen LogP contribution in [-0.2, 0) is 11.2 Å². The highest BCUT2D eigenvalue weighted by molar-refractivity contribution is 5.90. The molecule has 5 nitrogen and oxygen atoms in total. The van der Waals surface area contributed by atoms with Crippen LogP contribution in [0, 0.1) is 11.3 Å². The first-order valence-corrected chi connectivity index (χ1v) is 8.30. The van der Waals surface area contributed by atoms with Crippen LogP contribution in [0.2, 0.25) is 0 Å². The van der Waals surface area contributed by atoms with Crippen molar-refractivity contribution in [3.8, 4) is 6.07 Å². The van der Waals surface area contributed by atoms with Crippen LogP contribution in [0.25, 0.3) is 0 Å². The molecule has 2 rings (SSSR count). The Morgan fingerprint density at radius 3 is 3.00 bits per heavy atom. The van der Waals surface area contributed by atoms with E-state index in [4.69, 9.17) is 10.00 Å². The number of carbonyl (C=O) groups excluding carboxylic acids is 1. The van der Waals surface area contributed by atoms with Gasteiger partial charge in [-0.2, -0.15) is 5.26 Å². The average molecular weight is 315 g/mol. The van der Waals surface area contributed by atoms with Crippen molar-refractivity contribution in [2.24, 2.45) is 0 Å². The number of rotatable bonds is 6. The second kappa shape index (κ2) is 8.54. The number of nitrogens with zero attached hydrogens (tertiary/aromatic N) is 2. The minimum atomic E-state index is -0.114. The third kappa shape index (κ3) is 4.97. The fourth-order valence-corrected chi connectivity index (χ4v) is 2.82. The van der Waals surface area contributed by atoms with Gasteiger partial charge in [0.2, 0.25) is 0 Å². The molecular formula is C18H25N3O2. The fourth-order valence-electron chi connectivity index (χ4n) is 2.82. The summed E-state index contributed by atoms with van der Waals surface area (Å²) in [7, 11) is 1.81. The summed E-state index contributed by atoms with van der Waals surface area (Å²) >= 11 is 0. The van der Waals surface area contributed by atoms with Gasteiger partial charge in [-0.15, -0.1) is 0 Å². The van der Waals surface area contributed by atoms with Crippen molar-refractivity contribution in [2.45, 2.75) is 45.1 Å². The van der Waals surface area contributed by atoms with E-state index in [1.54, 1.807) is 24.1 Å². The maximum absolute atomic E-state index is 12.3. The molecule has 1 aliphatic heterocycles. The molecule has 1 atom stereocenters. The Kier molecular flexibility index (Phi) is 6.42. The molecule has 0 saturated carbocycles. The van der Waals surface area contributed by atoms with Crippen LogP contribution in [0.3, 0.4) is 0 Å². The Balaban J connectivity index is 1.84. The number of anilines is 1. The highest BCUT2D eigenvalue weighted by Crippen LogP contribution is 2.19. The van der Waals surface area contributed by atoms with E-state index >= 15 is 0 Å². The first kappa shape index (κ1) is 17.3. The first-order valence-electron chi connectivity index (χ1n) is 8.30. The largest absolute Gasteiger partial charge is 0.378 e. The maximum Gasteiger partial charge on any atom is 0.321 e. The van der Waals surface area contributed by atoms with Crippen molar-refractivity contribution >= 4 is 11.7 Å². The van der Waals surface area contributed by atoms with E-state index in [1.807, 2.05) is 13.0 Å². The zero-order valence-electron chi connectivity index (χ0n) is 14.0. The minimum absolute atomic E-state index is 0.114. The molecule has 1 heterocycles. The Labute approximate surface area is 138 Å². The number of hydrogen-bond donors (Lipinski definition) is 1. The molecule has 1 aromatic rings. The third-order valence-electron chi connectivity index (χ3n) is 4.25. The van der Waals surface area contributed by atoms with Gasteiger partial charge in [0.25, 0.3) is 0 Å². The predicted molar refractivity (Wildman–Crippen MR) is 90.4 cm³/mol. The number of urea groups is 1. The SMILES string of the molecule is CCc1cc(C#N)ccc1NC(=O)N(C)CCC[C@H]1CCCO1. The van der Waals surface area contributed by atoms with Crippen LogP contribution in [0.5, 0.6) is 0 Å². The molecule has 23 heavy (non-hydrogen) atoms. The summed E-state index contributed by atoms with van der Waals surface area (Å²) in [6, 6.07) is 7.37. The lowest BCUT2D eigenvalue weighted by molar-refractivity contribution is 0.101. The number of nitriles is 1. The molecule has 2 amide bonds. The molecule has 0 aliphatic carbocycles. The molecule has 0 bridgehead atoms. The number of benzene rings is 1. The molecule has 5 heteroatoms. The Hall–Kier alpha value is -2.06. The number of carbonyl (C=O) groups is 1. The third-order valence-corrected chi connectivity index (χ3v) is 4.25. The number of amides is 2. The normalized spacial score (nSPS) is 16.8. The molecule has 1 saturated heterocycles. The summed E-state index contributed by atoms with van der Waals surface area (Å²) in [5.74, 6) is 0. The van der Waals surface area contributed by atoms with Gasteiger partial charge in [0, 0.05) is 25.9 Å². The summed E-state index contributed by atoms with van der Waals surface area (Å²) in [5.41, 5.74) is 2.37. The van der Waals surface area contributed by atoms with Gasteiger partial charge in [0.15, 0.2) is 0 Å². The molecule has 0 unspecified atom stereocenters. The summed E-state index contributed by atoms with van der Waals surface area (Å²) in [4.78, 5) is 14.0. The average Bonchev–Trinajstić information content (AvgIpc) is 3.08. The predicted octanol–water partition coefficient (Wildman–Crippen LogP) is 3.54. The number of ether oxygens (including phenoxy) is 1. The zero-order valence-corrected chi connectivity index (χ0v) is 14.0. The topological polar surface area (TPSA) is 65.4 Å². The van der Waals surface area contributed by atoms with Gasteiger partial charge in [0.1, 0.15) is 0 Å². The van der Waals surface area contributed by atoms with Crippen molar-refractivity contribution in [1.29, 1.82) is 5.26 Å². The number of aryl methyl sites for hydroxylation is 1. The van der Waals surface area contributed by atoms with E-state index in [2.05, 4.69) is 11.4 Å². The number of hydrogen-bond acceptors (Lipinski definition) is 3. The minimum Gasteiger partial charge on any atom is -0.378 e. The maximum atomic E-state index is 12.3. The first-order chi connectivity index (χ1) is 11.1. The van der Waals surface area contributed by atoms with Crippen LogP contribution in [0.4, 0.5) is 10.5 Å². The fraction of sp³-hybridized carbons (Fsp3) is 0.556. The highest BCUT2D eigenvalue weighted by Gasteiger charge is 2.16. The van der Waals surface area contributed by atoms with Gasteiger partial charge in [-0.25, -0.2) is 4.79 Å². The molecular weight excluding hydrogens is 290 g/mol. The molecule has 1 fully saturated rings. The van der Waals surface area contributed by atoms with E-state index in [9.17, 15) is 4.79 Å². The van der Waals surface area contributed by atoms with Crippen LogP contribution in [-0.4, -0.2) is 37.2 Å². The smallest absolute Gasteiger partial charge is 0.321 e. The van der Waals surface area contributed by atoms with Crippen molar-refractivity contribution in [1.82, 2.24) is 4.90 Å². The van der Waals surface area contributed by atoms with E-state index < -0.39 is 0 Å². The van der Waals surface area contributed by atoms with Gasteiger partial charge in [-0.05, 0) is 55.9 Å². The Bertz CT molecular complexity index is 574. The highest BCUT2D eigenvalue weighted by atomic mass is 16.5. The van der Waals surface area contributed by atoms with Gasteiger partial charge in [-0.3, -0.25) is 0 Å². The molecule has 0 spiro atoms. The Morgan fingerprint density at radius 2 is 2.35 bits per heavy atom. The lowest BCUT2D eigenvalue weighted by Gasteiger charge is -2.20. The van der Waals surface area contributed by atoms with E-state index in [1.165, 1.54) is 0 Å². The summed E-state index contributed by atoms with van der Waals surface area (Å²) in [6.45, 7) is 3.60. The van der Waals surface area contributed by atoms with Gasteiger partial charge in [-0.1, -0.05) is 6.92 Å². The van der Waals surface area contributed by atoms with Crippen LogP contribution >= 0.6 is 0 Å². The second-order valence-corrected chi connectivity index (χ2v) is 5.97. The number of nitrogens with one attached hydrogen (secondary N) is 1. The Morgan fingerprint density at radius 1 is 1.52 bits per heavy atom. The molecule has 1 aromatic carbocycles. The summed E-state index contributed by atoms with van der Waals surface area (Å²) < 4.78 is 5.60. The second-order valence-electron chi connectivity index (χ2n) is 5.97. The molecule has 1 aliphatic rings. The van der Waals surface area contributed by atoms with Gasteiger partial charge >= 0.3 is 6.03 Å². The van der Waals surface area contributed by atoms with Crippen molar-refractivity contribution in [3.63, 3.8) is 0 Å². The quantitative estimate of drug-likeness (QED) is 0.873. The molecule has 0 radical (unpaired) electrons. The van der Waals surface area contributed by atoms with Crippen LogP contribution in [0.15, 0.2) is 18.2 Å². The van der Waals surface area contributed by atoms with Gasteiger partial charge in [0.05, 0.1) is 17.7 Å². The van der Waals surface area contributed by atoms with E-state index in [0.717, 1.165) is 50.0 Å². The van der Waals surface area contributed by atoms with Gasteiger partial charge < -0.3 is 15.0 Å². The van der Waals surface area contributed by atoms with E-state index in [0.29, 0.717) is 18.2 Å². The zero-order chi connectivity index (χ0) is 16.7. The lowest BCUT2D eigenvalue weighted by atomic mass is 10.1. The van der Waals surface area contributed by atoms with Crippen molar-refractivity contribution < 1.29 is 9.53 Å². The van der Waals surface area contributed by atoms with Crippen molar-refractivity contribution in [2.75, 3.05) is 25.5 Å². The van der Waals surface area contributed by atoms with E-state index in [-0.39, 0.29) is 6.03 Å².